The van der Waals surface area contributed by atoms with E-state index in [4.69, 9.17) is 5.11 Å². The number of aromatic nitrogens is 1. The van der Waals surface area contributed by atoms with Crippen molar-refractivity contribution in [1.29, 1.82) is 0 Å². The van der Waals surface area contributed by atoms with Crippen LogP contribution in [0.25, 0.3) is 0 Å². The van der Waals surface area contributed by atoms with Gasteiger partial charge in [-0.1, -0.05) is 36.0 Å². The maximum absolute atomic E-state index is 13.5. The first kappa shape index (κ1) is 22.8. The van der Waals surface area contributed by atoms with Crippen molar-refractivity contribution in [2.45, 2.75) is 48.3 Å². The minimum absolute atomic E-state index is 0.0194. The first-order valence-electron chi connectivity index (χ1n) is 12.1. The Balaban J connectivity index is 1.30. The molecule has 35 heavy (non-hydrogen) atoms. The highest BCUT2D eigenvalue weighted by Gasteiger charge is 2.69. The lowest BCUT2D eigenvalue weighted by Crippen LogP contribution is -2.42. The second-order valence-corrected chi connectivity index (χ2v) is 12.3. The van der Waals surface area contributed by atoms with E-state index in [9.17, 15) is 24.3 Å². The summed E-state index contributed by atoms with van der Waals surface area (Å²) in [5.74, 6) is -1.56. The number of thioether (sulfide) groups is 1. The van der Waals surface area contributed by atoms with Gasteiger partial charge >= 0.3 is 10.8 Å². The number of aliphatic carboxylic acids is 1. The number of para-hydroxylation sites is 1. The zero-order valence-corrected chi connectivity index (χ0v) is 20.5. The summed E-state index contributed by atoms with van der Waals surface area (Å²) >= 11 is 2.81. The average molecular weight is 515 g/mol. The molecule has 1 aromatic heterocycles. The quantitative estimate of drug-likeness (QED) is 0.382. The number of benzene rings is 1. The Morgan fingerprint density at radius 2 is 1.80 bits per heavy atom. The van der Waals surface area contributed by atoms with Crippen molar-refractivity contribution >= 4 is 40.9 Å². The Hall–Kier alpha value is -2.59. The van der Waals surface area contributed by atoms with Crippen LogP contribution in [0.15, 0.2) is 34.1 Å². The predicted molar refractivity (Wildman–Crippen MR) is 129 cm³/mol. The van der Waals surface area contributed by atoms with Gasteiger partial charge in [0.05, 0.1) is 16.9 Å². The molecule has 2 amide bonds. The van der Waals surface area contributed by atoms with E-state index in [-0.39, 0.29) is 69.6 Å². The minimum Gasteiger partial charge on any atom is -0.508 e. The molecule has 3 N–H and O–H groups in total. The number of phenolic OH excluding ortho intramolecular Hbond substituents is 1. The van der Waals surface area contributed by atoms with E-state index in [1.807, 2.05) is 12.1 Å². The third-order valence-corrected chi connectivity index (χ3v) is 10.9. The molecule has 1 aromatic carbocycles. The molecule has 2 bridgehead atoms. The second kappa shape index (κ2) is 8.51. The van der Waals surface area contributed by atoms with Gasteiger partial charge in [-0.05, 0) is 43.1 Å². The topological polar surface area (TPSA) is 128 Å². The molecule has 0 unspecified atom stereocenters. The van der Waals surface area contributed by atoms with Crippen LogP contribution in [0.4, 0.5) is 0 Å². The van der Waals surface area contributed by atoms with Crippen LogP contribution in [0.3, 0.4) is 0 Å². The molecule has 3 heterocycles. The summed E-state index contributed by atoms with van der Waals surface area (Å²) in [5.41, 5.74) is 0.774. The van der Waals surface area contributed by atoms with Crippen LogP contribution in [-0.4, -0.2) is 49.7 Å². The van der Waals surface area contributed by atoms with Crippen LogP contribution in [-0.2, 0) is 14.4 Å². The summed E-state index contributed by atoms with van der Waals surface area (Å²) in [6.45, 7) is 0.343. The van der Waals surface area contributed by atoms with E-state index in [1.54, 1.807) is 23.9 Å². The lowest BCUT2D eigenvalue weighted by molar-refractivity contribution is -0.141. The second-order valence-electron chi connectivity index (χ2n) is 10.1. The molecule has 1 saturated heterocycles. The summed E-state index contributed by atoms with van der Waals surface area (Å²) < 4.78 is 0. The number of imide groups is 1. The molecule has 0 spiro atoms. The van der Waals surface area contributed by atoms with Crippen LogP contribution < -0.4 is 4.87 Å². The number of amides is 2. The lowest BCUT2D eigenvalue weighted by Gasteiger charge is -2.43. The number of H-pyrrole nitrogens is 1. The Bertz CT molecular complexity index is 1270. The number of phenols is 1. The van der Waals surface area contributed by atoms with Gasteiger partial charge < -0.3 is 15.2 Å². The molecule has 2 aliphatic carbocycles. The van der Waals surface area contributed by atoms with Gasteiger partial charge in [-0.3, -0.25) is 24.1 Å². The Kier molecular flexibility index (Phi) is 5.56. The molecule has 4 aliphatic rings. The van der Waals surface area contributed by atoms with E-state index in [1.165, 1.54) is 16.2 Å². The van der Waals surface area contributed by atoms with E-state index < -0.39 is 5.97 Å². The zero-order chi connectivity index (χ0) is 24.4. The number of carbonyl (C=O) groups excluding carboxylic acids is 2. The monoisotopic (exact) mass is 514 g/mol. The number of nitrogens with one attached hydrogen (secondary N) is 1. The molecule has 10 heteroatoms. The number of rotatable bonds is 7. The van der Waals surface area contributed by atoms with Crippen molar-refractivity contribution in [2.75, 3.05) is 6.54 Å². The van der Waals surface area contributed by atoms with Gasteiger partial charge in [0.25, 0.3) is 0 Å². The molecular weight excluding hydrogens is 488 g/mol. The third-order valence-electron chi connectivity index (χ3n) is 8.36. The van der Waals surface area contributed by atoms with Crippen molar-refractivity contribution < 1.29 is 24.6 Å². The summed E-state index contributed by atoms with van der Waals surface area (Å²) in [6.07, 6.45) is 2.71. The van der Waals surface area contributed by atoms with Gasteiger partial charge in [-0.25, -0.2) is 0 Å². The number of hydrogen-bond acceptors (Lipinski definition) is 7. The number of aromatic hydroxyl groups is 1. The maximum Gasteiger partial charge on any atom is 0.305 e. The van der Waals surface area contributed by atoms with Crippen molar-refractivity contribution in [1.82, 2.24) is 9.88 Å². The van der Waals surface area contributed by atoms with Crippen LogP contribution in [0.5, 0.6) is 5.75 Å². The van der Waals surface area contributed by atoms with Crippen molar-refractivity contribution in [3.8, 4) is 5.75 Å². The van der Waals surface area contributed by atoms with Gasteiger partial charge in [-0.2, -0.15) is 0 Å². The molecule has 3 fully saturated rings. The molecule has 184 valence electrons. The first-order chi connectivity index (χ1) is 16.9. The van der Waals surface area contributed by atoms with Gasteiger partial charge in [0.2, 0.25) is 11.8 Å². The van der Waals surface area contributed by atoms with Gasteiger partial charge in [-0.15, -0.1) is 11.8 Å². The zero-order valence-electron chi connectivity index (χ0n) is 18.9. The standard InChI is InChI=1S/C25H26N2O6S2/c28-14-7-4-3-6-11(14)16-17-12-10-13(20(17)34-22-21(16)35-25(33)26-22)19-18(12)23(31)27(24(19)32)9-5-1-2-8-15(29)30/h3-4,6-7,12-13,16-20,28H,1-2,5,8-10H2,(H,26,33)(H,29,30)/t12-,13-,16+,17-,18+,19-,20-/m1/s1. The average Bonchev–Trinajstić information content (AvgIpc) is 3.54. The van der Waals surface area contributed by atoms with E-state index in [2.05, 4.69) is 4.98 Å². The SMILES string of the molecule is O=C(O)CCCCCN1C(=O)[C@@H]2[C@H]3C[C@@H]([C@@H]2C1=O)[C@@H]1[C@H](c2ccccc2O)c2sc(=O)[nH]c2S[C@H]31. The molecule has 2 aromatic rings. The number of aromatic amines is 1. The van der Waals surface area contributed by atoms with Gasteiger partial charge in [0, 0.05) is 34.6 Å². The normalized spacial score (nSPS) is 32.6. The Morgan fingerprint density at radius 1 is 1.06 bits per heavy atom. The number of unbranched alkanes of at least 4 members (excludes halogenated alkanes) is 2. The third kappa shape index (κ3) is 3.48. The number of thiazole rings is 1. The van der Waals surface area contributed by atoms with Crippen molar-refractivity contribution in [3.05, 3.63) is 44.4 Å². The van der Waals surface area contributed by atoms with Crippen LogP contribution in [0.1, 0.15) is 48.5 Å². The molecule has 2 saturated carbocycles. The number of nitrogens with zero attached hydrogens (tertiary/aromatic N) is 1. The lowest BCUT2D eigenvalue weighted by atomic mass is 9.68. The smallest absolute Gasteiger partial charge is 0.305 e. The Labute approximate surface area is 209 Å². The summed E-state index contributed by atoms with van der Waals surface area (Å²) in [5, 5.41) is 20.5. The van der Waals surface area contributed by atoms with Crippen LogP contribution in [0, 0.1) is 29.6 Å². The van der Waals surface area contributed by atoms with Crippen LogP contribution in [0.2, 0.25) is 0 Å². The first-order valence-corrected chi connectivity index (χ1v) is 13.8. The van der Waals surface area contributed by atoms with E-state index >= 15 is 0 Å². The van der Waals surface area contributed by atoms with E-state index in [0.29, 0.717) is 25.8 Å². The summed E-state index contributed by atoms with van der Waals surface area (Å²) in [4.78, 5) is 55.1. The molecule has 0 radical (unpaired) electrons. The number of carboxylic acids is 1. The highest BCUT2D eigenvalue weighted by atomic mass is 32.2. The number of carboxylic acid groups (broad SMARTS) is 1. The minimum atomic E-state index is -0.835. The fourth-order valence-electron chi connectivity index (χ4n) is 7.12. The molecule has 2 aliphatic heterocycles. The number of likely N-dealkylation sites (tertiary alicyclic amines) is 1. The van der Waals surface area contributed by atoms with Gasteiger partial charge in [0.15, 0.2) is 0 Å². The highest BCUT2D eigenvalue weighted by molar-refractivity contribution is 8.00. The van der Waals surface area contributed by atoms with Crippen LogP contribution >= 0.6 is 23.1 Å². The molecular formula is C25H26N2O6S2. The number of fused-ring (bicyclic) bond motifs is 9. The molecule has 6 rings (SSSR count). The summed E-state index contributed by atoms with van der Waals surface area (Å²) in [7, 11) is 0. The maximum atomic E-state index is 13.5. The fourth-order valence-corrected chi connectivity index (χ4v) is 10.0. The van der Waals surface area contributed by atoms with Gasteiger partial charge in [0.1, 0.15) is 5.75 Å². The van der Waals surface area contributed by atoms with E-state index in [0.717, 1.165) is 21.9 Å². The number of hydrogen-bond donors (Lipinski definition) is 3. The molecule has 8 nitrogen and oxygen atoms in total. The fraction of sp³-hybridized carbons (Fsp3) is 0.520. The number of carbonyl (C=O) groups is 3. The van der Waals surface area contributed by atoms with Crippen molar-refractivity contribution in [2.24, 2.45) is 29.6 Å². The Morgan fingerprint density at radius 3 is 2.54 bits per heavy atom. The van der Waals surface area contributed by atoms with Crippen molar-refractivity contribution in [3.63, 3.8) is 0 Å². The molecule has 7 atom stereocenters. The summed E-state index contributed by atoms with van der Waals surface area (Å²) in [6, 6.07) is 7.22. The largest absolute Gasteiger partial charge is 0.508 e. The highest BCUT2D eigenvalue weighted by Crippen LogP contribution is 2.68. The predicted octanol–water partition coefficient (Wildman–Crippen LogP) is 3.26.